The molecule has 51 heavy (non-hydrogen) atoms. The molecule has 0 radical (unpaired) electrons. The van der Waals surface area contributed by atoms with Crippen molar-refractivity contribution in [3.8, 4) is 0 Å². The van der Waals surface area contributed by atoms with Gasteiger partial charge in [-0.25, -0.2) is 9.59 Å². The van der Waals surface area contributed by atoms with Crippen LogP contribution in [0.3, 0.4) is 0 Å². The van der Waals surface area contributed by atoms with Crippen LogP contribution in [0.5, 0.6) is 0 Å². The lowest BCUT2D eigenvalue weighted by Crippen LogP contribution is -2.60. The summed E-state index contributed by atoms with van der Waals surface area (Å²) in [6.07, 6.45) is -7.40. The van der Waals surface area contributed by atoms with E-state index in [-0.39, 0.29) is 31.2 Å². The predicted molar refractivity (Wildman–Crippen MR) is 185 cm³/mol. The lowest BCUT2D eigenvalue weighted by atomic mass is 9.56. The first-order valence-electron chi connectivity index (χ1n) is 17.2. The Morgan fingerprint density at radius 1 is 0.922 bits per heavy atom. The number of esters is 4. The van der Waals surface area contributed by atoms with Gasteiger partial charge in [-0.1, -0.05) is 62.0 Å². The van der Waals surface area contributed by atoms with Crippen LogP contribution in [-0.4, -0.2) is 81.4 Å². The molecule has 2 saturated carbocycles. The van der Waals surface area contributed by atoms with Crippen LogP contribution in [0.4, 0.5) is 0 Å². The van der Waals surface area contributed by atoms with Crippen LogP contribution >= 0.6 is 0 Å². The van der Waals surface area contributed by atoms with E-state index in [1.54, 1.807) is 82.3 Å². The molecule has 274 valence electrons. The molecule has 3 N–H and O–H groups in total. The Bertz CT molecular complexity index is 1690. The molecule has 2 aromatic rings. The molecule has 3 aliphatic carbocycles. The van der Waals surface area contributed by atoms with Gasteiger partial charge >= 0.3 is 23.9 Å². The molecule has 0 amide bonds. The number of carbonyl (C=O) groups is 4. The van der Waals surface area contributed by atoms with Crippen molar-refractivity contribution in [3.63, 3.8) is 0 Å². The fraction of sp³-hybridized carbons (Fsp3) is 0.500. The molecule has 0 saturated heterocycles. The summed E-state index contributed by atoms with van der Waals surface area (Å²) in [5, 5.41) is 34.3. The number of hydrogen-bond acceptors (Lipinski definition) is 11. The third kappa shape index (κ3) is 7.11. The Morgan fingerprint density at radius 2 is 1.51 bits per heavy atom. The Morgan fingerprint density at radius 3 is 2.08 bits per heavy atom. The van der Waals surface area contributed by atoms with Gasteiger partial charge in [0.05, 0.1) is 22.7 Å². The molecule has 11 heteroatoms. The van der Waals surface area contributed by atoms with E-state index >= 15 is 0 Å². The standard InChI is InChI=1S/C40H48O11/c1-22-28-20-40(38(5,6)47)21-30(44)23(2)33(40)34(51-36(45)27-16-12-9-13-17-27)35(49-25(4)42)39(28,7)32(48-24(3)41)19-31(22)50-37(46)29(43)18-26-14-10-8-11-15-26/h8-17,28-32,34-35,43-44,47H,1,18-21H2,2-7H3/t28-,29+,30+,31+,32+,34-,35+,39+,40+/m1/s1. The highest BCUT2D eigenvalue weighted by molar-refractivity contribution is 5.89. The topological polar surface area (TPSA) is 166 Å². The molecule has 2 aromatic carbocycles. The SMILES string of the molecule is C=C1[C@@H](OC(=O)[C@@H](O)Cc2ccccc2)C[C@H](OC(C)=O)[C@]2(C)[C@@H]1C[C@]1(C(C)(C)O)C[C@H](O)C(C)=C1[C@@H](OC(=O)c1ccccc1)[C@@H]2OC(C)=O. The van der Waals surface area contributed by atoms with E-state index in [9.17, 15) is 34.5 Å². The van der Waals surface area contributed by atoms with Crippen LogP contribution in [0, 0.1) is 16.7 Å². The van der Waals surface area contributed by atoms with E-state index in [1.807, 2.05) is 6.07 Å². The Labute approximate surface area is 298 Å². The van der Waals surface area contributed by atoms with Crippen molar-refractivity contribution in [1.29, 1.82) is 0 Å². The quantitative estimate of drug-likeness (QED) is 0.192. The summed E-state index contributed by atoms with van der Waals surface area (Å²) in [6.45, 7) is 13.5. The Hall–Kier alpha value is -4.32. The maximum Gasteiger partial charge on any atom is 0.338 e. The summed E-state index contributed by atoms with van der Waals surface area (Å²) in [5.74, 6) is -3.82. The molecule has 0 heterocycles. The number of carbonyl (C=O) groups excluding carboxylic acids is 4. The van der Waals surface area contributed by atoms with E-state index < -0.39 is 82.8 Å². The molecule has 2 fully saturated rings. The Balaban J connectivity index is 1.67. The van der Waals surface area contributed by atoms with Crippen LogP contribution in [-0.2, 0) is 39.8 Å². The minimum Gasteiger partial charge on any atom is -0.462 e. The average molecular weight is 705 g/mol. The maximum absolute atomic E-state index is 13.8. The number of benzene rings is 2. The number of aliphatic hydroxyl groups is 3. The van der Waals surface area contributed by atoms with Crippen LogP contribution in [0.1, 0.15) is 76.7 Å². The van der Waals surface area contributed by atoms with E-state index in [0.717, 1.165) is 5.56 Å². The van der Waals surface area contributed by atoms with Gasteiger partial charge in [0.2, 0.25) is 0 Å². The third-order valence-corrected chi connectivity index (χ3v) is 11.3. The fourth-order valence-electron chi connectivity index (χ4n) is 8.56. The minimum absolute atomic E-state index is 0.00348. The number of aliphatic hydroxyl groups excluding tert-OH is 2. The highest BCUT2D eigenvalue weighted by Crippen LogP contribution is 2.65. The van der Waals surface area contributed by atoms with Gasteiger partial charge in [-0.2, -0.15) is 0 Å². The molecule has 0 aliphatic heterocycles. The van der Waals surface area contributed by atoms with Crippen LogP contribution in [0.2, 0.25) is 0 Å². The first-order chi connectivity index (χ1) is 23.9. The first kappa shape index (κ1) is 37.9. The molecule has 11 nitrogen and oxygen atoms in total. The summed E-state index contributed by atoms with van der Waals surface area (Å²) in [5.41, 5.74) is -2.06. The summed E-state index contributed by atoms with van der Waals surface area (Å²) in [4.78, 5) is 53.0. The lowest BCUT2D eigenvalue weighted by molar-refractivity contribution is -0.199. The highest BCUT2D eigenvalue weighted by atomic mass is 16.6. The molecule has 9 atom stereocenters. The monoisotopic (exact) mass is 704 g/mol. The van der Waals surface area contributed by atoms with Gasteiger partial charge in [0, 0.05) is 32.1 Å². The zero-order valence-corrected chi connectivity index (χ0v) is 30.0. The number of ether oxygens (including phenoxy) is 4. The van der Waals surface area contributed by atoms with E-state index in [1.165, 1.54) is 13.8 Å². The lowest BCUT2D eigenvalue weighted by Gasteiger charge is -2.53. The molecule has 0 spiro atoms. The highest BCUT2D eigenvalue weighted by Gasteiger charge is 2.69. The van der Waals surface area contributed by atoms with Crippen molar-refractivity contribution in [2.75, 3.05) is 0 Å². The fourth-order valence-corrected chi connectivity index (χ4v) is 8.56. The predicted octanol–water partition coefficient (Wildman–Crippen LogP) is 4.42. The van der Waals surface area contributed by atoms with Crippen LogP contribution < -0.4 is 0 Å². The van der Waals surface area contributed by atoms with Gasteiger partial charge in [-0.15, -0.1) is 0 Å². The second kappa shape index (κ2) is 14.4. The zero-order chi connectivity index (χ0) is 37.5. The van der Waals surface area contributed by atoms with Gasteiger partial charge in [-0.05, 0) is 73.9 Å². The zero-order valence-electron chi connectivity index (χ0n) is 30.0. The molecule has 0 bridgehead atoms. The molecule has 0 unspecified atom stereocenters. The van der Waals surface area contributed by atoms with Crippen molar-refractivity contribution in [2.24, 2.45) is 16.7 Å². The van der Waals surface area contributed by atoms with Crippen molar-refractivity contribution >= 4 is 23.9 Å². The second-order valence-electron chi connectivity index (χ2n) is 14.8. The van der Waals surface area contributed by atoms with Crippen molar-refractivity contribution in [3.05, 3.63) is 95.1 Å². The minimum atomic E-state index is -1.56. The van der Waals surface area contributed by atoms with Crippen molar-refractivity contribution < 1.29 is 53.4 Å². The van der Waals surface area contributed by atoms with E-state index in [0.29, 0.717) is 16.7 Å². The molecular weight excluding hydrogens is 656 g/mol. The van der Waals surface area contributed by atoms with E-state index in [2.05, 4.69) is 6.58 Å². The average Bonchev–Trinajstić information content (AvgIpc) is 3.28. The van der Waals surface area contributed by atoms with Gasteiger partial charge < -0.3 is 34.3 Å². The number of fused-ring (bicyclic) bond motifs is 2. The number of hydrogen-bond donors (Lipinski definition) is 3. The smallest absolute Gasteiger partial charge is 0.338 e. The first-order valence-corrected chi connectivity index (χ1v) is 17.2. The summed E-state index contributed by atoms with van der Waals surface area (Å²) >= 11 is 0. The largest absolute Gasteiger partial charge is 0.462 e. The van der Waals surface area contributed by atoms with Crippen LogP contribution in [0.25, 0.3) is 0 Å². The normalized spacial score (nSPS) is 31.0. The maximum atomic E-state index is 13.8. The number of rotatable bonds is 9. The molecule has 0 aromatic heterocycles. The van der Waals surface area contributed by atoms with Crippen molar-refractivity contribution in [1.82, 2.24) is 0 Å². The van der Waals surface area contributed by atoms with Gasteiger partial charge in [-0.3, -0.25) is 9.59 Å². The molecular formula is C40H48O11. The third-order valence-electron chi connectivity index (χ3n) is 11.3. The Kier molecular flexibility index (Phi) is 10.7. The van der Waals surface area contributed by atoms with Gasteiger partial charge in [0.1, 0.15) is 12.2 Å². The molecule has 3 aliphatic rings. The van der Waals surface area contributed by atoms with Gasteiger partial charge in [0.15, 0.2) is 18.3 Å². The summed E-state index contributed by atoms with van der Waals surface area (Å²) in [6, 6.07) is 17.2. The van der Waals surface area contributed by atoms with Gasteiger partial charge in [0.25, 0.3) is 0 Å². The summed E-state index contributed by atoms with van der Waals surface area (Å²) in [7, 11) is 0. The van der Waals surface area contributed by atoms with E-state index in [4.69, 9.17) is 18.9 Å². The van der Waals surface area contributed by atoms with Crippen molar-refractivity contribution in [2.45, 2.75) is 109 Å². The second-order valence-corrected chi connectivity index (χ2v) is 14.8. The van der Waals surface area contributed by atoms with Crippen LogP contribution in [0.15, 0.2) is 84.0 Å². The summed E-state index contributed by atoms with van der Waals surface area (Å²) < 4.78 is 24.4. The molecule has 5 rings (SSSR count).